The Balaban J connectivity index is 1.35. The van der Waals surface area contributed by atoms with Crippen molar-refractivity contribution in [3.8, 4) is 11.5 Å². The van der Waals surface area contributed by atoms with E-state index >= 15 is 0 Å². The fraction of sp³-hybridized carbons (Fsp3) is 0.435. The van der Waals surface area contributed by atoms with Crippen molar-refractivity contribution in [1.29, 1.82) is 0 Å². The summed E-state index contributed by atoms with van der Waals surface area (Å²) in [5, 5.41) is 0. The van der Waals surface area contributed by atoms with Gasteiger partial charge in [0.2, 0.25) is 0 Å². The van der Waals surface area contributed by atoms with Crippen LogP contribution in [0.15, 0.2) is 48.5 Å². The SMILES string of the molecule is O=C(c1ccc(OC2CCCCO2)cc1)c1ccc(OC2CCCCO2)cc1. The highest BCUT2D eigenvalue weighted by Gasteiger charge is 2.17. The van der Waals surface area contributed by atoms with Crippen LogP contribution in [0.3, 0.4) is 0 Å². The van der Waals surface area contributed by atoms with Crippen LogP contribution in [-0.2, 0) is 9.47 Å². The van der Waals surface area contributed by atoms with Crippen LogP contribution in [0.1, 0.15) is 54.4 Å². The molecule has 2 aliphatic heterocycles. The van der Waals surface area contributed by atoms with Crippen molar-refractivity contribution in [3.63, 3.8) is 0 Å². The first-order chi connectivity index (χ1) is 13.8. The van der Waals surface area contributed by atoms with Gasteiger partial charge in [0, 0.05) is 24.0 Å². The van der Waals surface area contributed by atoms with Crippen LogP contribution in [0.5, 0.6) is 11.5 Å². The van der Waals surface area contributed by atoms with E-state index in [2.05, 4.69) is 0 Å². The molecule has 2 aromatic rings. The molecular weight excluding hydrogens is 356 g/mol. The molecule has 0 amide bonds. The van der Waals surface area contributed by atoms with Gasteiger partial charge in [0.1, 0.15) is 11.5 Å². The molecule has 2 heterocycles. The predicted octanol–water partition coefficient (Wildman–Crippen LogP) is 4.73. The number of hydrogen-bond donors (Lipinski definition) is 0. The van der Waals surface area contributed by atoms with Crippen molar-refractivity contribution in [2.75, 3.05) is 13.2 Å². The lowest BCUT2D eigenvalue weighted by atomic mass is 10.0. The number of carbonyl (C=O) groups excluding carboxylic acids is 1. The molecule has 5 heteroatoms. The summed E-state index contributed by atoms with van der Waals surface area (Å²) >= 11 is 0. The van der Waals surface area contributed by atoms with Gasteiger partial charge in [-0.2, -0.15) is 0 Å². The Morgan fingerprint density at radius 1 is 0.679 bits per heavy atom. The number of hydrogen-bond acceptors (Lipinski definition) is 5. The molecule has 5 nitrogen and oxygen atoms in total. The summed E-state index contributed by atoms with van der Waals surface area (Å²) in [6, 6.07) is 14.5. The van der Waals surface area contributed by atoms with Crippen LogP contribution >= 0.6 is 0 Å². The molecule has 4 rings (SSSR count). The highest BCUT2D eigenvalue weighted by molar-refractivity contribution is 6.09. The van der Waals surface area contributed by atoms with Gasteiger partial charge in [-0.3, -0.25) is 4.79 Å². The summed E-state index contributed by atoms with van der Waals surface area (Å²) in [6.07, 6.45) is 5.85. The predicted molar refractivity (Wildman–Crippen MR) is 105 cm³/mol. The lowest BCUT2D eigenvalue weighted by Gasteiger charge is -2.23. The van der Waals surface area contributed by atoms with E-state index in [4.69, 9.17) is 18.9 Å². The van der Waals surface area contributed by atoms with E-state index in [1.165, 1.54) is 0 Å². The zero-order chi connectivity index (χ0) is 19.2. The second-order valence-corrected chi connectivity index (χ2v) is 7.21. The number of benzene rings is 2. The van der Waals surface area contributed by atoms with Crippen molar-refractivity contribution < 1.29 is 23.7 Å². The Morgan fingerprint density at radius 3 is 1.46 bits per heavy atom. The Morgan fingerprint density at radius 2 is 1.11 bits per heavy atom. The van der Waals surface area contributed by atoms with Gasteiger partial charge >= 0.3 is 0 Å². The summed E-state index contributed by atoms with van der Waals surface area (Å²) in [7, 11) is 0. The first kappa shape index (κ1) is 19.0. The first-order valence-corrected chi connectivity index (χ1v) is 10.1. The summed E-state index contributed by atoms with van der Waals surface area (Å²) in [6.45, 7) is 1.49. The molecule has 0 saturated carbocycles. The van der Waals surface area contributed by atoms with E-state index in [0.29, 0.717) is 11.1 Å². The van der Waals surface area contributed by atoms with Gasteiger partial charge in [-0.05, 0) is 74.2 Å². The maximum atomic E-state index is 12.7. The molecule has 2 aliphatic rings. The van der Waals surface area contributed by atoms with Gasteiger partial charge in [-0.15, -0.1) is 0 Å². The number of rotatable bonds is 6. The van der Waals surface area contributed by atoms with Gasteiger partial charge in [0.05, 0.1) is 13.2 Å². The fourth-order valence-electron chi connectivity index (χ4n) is 3.45. The Kier molecular flexibility index (Phi) is 6.24. The van der Waals surface area contributed by atoms with Crippen molar-refractivity contribution in [1.82, 2.24) is 0 Å². The highest BCUT2D eigenvalue weighted by atomic mass is 16.7. The largest absolute Gasteiger partial charge is 0.465 e. The lowest BCUT2D eigenvalue weighted by molar-refractivity contribution is -0.106. The minimum Gasteiger partial charge on any atom is -0.465 e. The third kappa shape index (κ3) is 4.91. The molecule has 2 aromatic carbocycles. The summed E-state index contributed by atoms with van der Waals surface area (Å²) in [4.78, 5) is 12.7. The van der Waals surface area contributed by atoms with Crippen LogP contribution in [-0.4, -0.2) is 31.6 Å². The maximum Gasteiger partial charge on any atom is 0.199 e. The average molecular weight is 382 g/mol. The molecule has 0 aromatic heterocycles. The van der Waals surface area contributed by atoms with Crippen molar-refractivity contribution in [2.45, 2.75) is 51.1 Å². The first-order valence-electron chi connectivity index (χ1n) is 10.1. The fourth-order valence-corrected chi connectivity index (χ4v) is 3.45. The second-order valence-electron chi connectivity index (χ2n) is 7.21. The third-order valence-corrected chi connectivity index (χ3v) is 5.04. The molecular formula is C23H26O5. The average Bonchev–Trinajstić information content (AvgIpc) is 2.76. The summed E-state index contributed by atoms with van der Waals surface area (Å²) in [5.41, 5.74) is 1.25. The van der Waals surface area contributed by atoms with Crippen LogP contribution in [0, 0.1) is 0 Å². The minimum atomic E-state index is -0.184. The van der Waals surface area contributed by atoms with Crippen LogP contribution in [0.2, 0.25) is 0 Å². The van der Waals surface area contributed by atoms with E-state index in [1.54, 1.807) is 24.3 Å². The standard InChI is InChI=1S/C23H26O5/c24-23(17-7-11-19(12-8-17)27-21-5-1-3-15-25-21)18-9-13-20(14-10-18)28-22-6-2-4-16-26-22/h7-14,21-22H,1-6,15-16H2. The van der Waals surface area contributed by atoms with E-state index in [1.807, 2.05) is 24.3 Å². The second kappa shape index (κ2) is 9.22. The molecule has 0 radical (unpaired) electrons. The van der Waals surface area contributed by atoms with Crippen molar-refractivity contribution in [2.24, 2.45) is 0 Å². The third-order valence-electron chi connectivity index (χ3n) is 5.04. The quantitative estimate of drug-likeness (QED) is 0.676. The van der Waals surface area contributed by atoms with Gasteiger partial charge in [-0.1, -0.05) is 0 Å². The molecule has 148 valence electrons. The highest BCUT2D eigenvalue weighted by Crippen LogP contribution is 2.23. The number of ketones is 1. The van der Waals surface area contributed by atoms with Gasteiger partial charge in [0.25, 0.3) is 0 Å². The Bertz CT molecular complexity index is 691. The lowest BCUT2D eigenvalue weighted by Crippen LogP contribution is -2.25. The van der Waals surface area contributed by atoms with Crippen LogP contribution in [0.25, 0.3) is 0 Å². The van der Waals surface area contributed by atoms with Crippen LogP contribution in [0.4, 0.5) is 0 Å². The van der Waals surface area contributed by atoms with E-state index in [9.17, 15) is 4.79 Å². The number of ether oxygens (including phenoxy) is 4. The number of carbonyl (C=O) groups is 1. The topological polar surface area (TPSA) is 54.0 Å². The van der Waals surface area contributed by atoms with E-state index in [-0.39, 0.29) is 18.4 Å². The van der Waals surface area contributed by atoms with Gasteiger partial charge < -0.3 is 18.9 Å². The molecule has 2 saturated heterocycles. The molecule has 0 aliphatic carbocycles. The van der Waals surface area contributed by atoms with Gasteiger partial charge in [-0.25, -0.2) is 0 Å². The molecule has 0 bridgehead atoms. The monoisotopic (exact) mass is 382 g/mol. The van der Waals surface area contributed by atoms with Crippen LogP contribution < -0.4 is 9.47 Å². The van der Waals surface area contributed by atoms with Crippen molar-refractivity contribution >= 4 is 5.78 Å². The molecule has 2 unspecified atom stereocenters. The molecule has 0 spiro atoms. The normalized spacial score (nSPS) is 22.4. The van der Waals surface area contributed by atoms with Crippen molar-refractivity contribution in [3.05, 3.63) is 59.7 Å². The Hall–Kier alpha value is -2.37. The maximum absolute atomic E-state index is 12.7. The van der Waals surface area contributed by atoms with E-state index in [0.717, 1.165) is 63.2 Å². The Labute approximate surface area is 165 Å². The minimum absolute atomic E-state index is 0.0269. The molecule has 2 fully saturated rings. The molecule has 2 atom stereocenters. The zero-order valence-corrected chi connectivity index (χ0v) is 16.0. The molecule has 0 N–H and O–H groups in total. The zero-order valence-electron chi connectivity index (χ0n) is 16.0. The van der Waals surface area contributed by atoms with Gasteiger partial charge in [0.15, 0.2) is 18.4 Å². The summed E-state index contributed by atoms with van der Waals surface area (Å²) < 4.78 is 22.8. The smallest absolute Gasteiger partial charge is 0.199 e. The summed E-state index contributed by atoms with van der Waals surface area (Å²) in [5.74, 6) is 1.42. The molecule has 28 heavy (non-hydrogen) atoms. The van der Waals surface area contributed by atoms with E-state index < -0.39 is 0 Å².